The Bertz CT molecular complexity index is 68.9. The fourth-order valence-electron chi connectivity index (χ4n) is 0.281. The van der Waals surface area contributed by atoms with Crippen LogP contribution >= 0.6 is 27.5 Å². The molecule has 0 heterocycles. The van der Waals surface area contributed by atoms with Gasteiger partial charge in [-0.2, -0.15) is 0 Å². The second kappa shape index (κ2) is 3.07. The second-order valence-electron chi connectivity index (χ2n) is 2.25. The summed E-state index contributed by atoms with van der Waals surface area (Å²) in [5.41, 5.74) is 0. The van der Waals surface area contributed by atoms with Gasteiger partial charge in [-0.3, -0.25) is 0 Å². The summed E-state index contributed by atoms with van der Waals surface area (Å²) in [4.78, 5) is 0.321. The van der Waals surface area contributed by atoms with Crippen molar-refractivity contribution in [2.24, 2.45) is 0 Å². The molecule has 0 aromatic rings. The van der Waals surface area contributed by atoms with E-state index in [4.69, 9.17) is 11.6 Å². The molecule has 0 radical (unpaired) electrons. The SMILES string of the molecule is CC[C@@](C)(Cl)[C@H](C)Br. The van der Waals surface area contributed by atoms with E-state index < -0.39 is 0 Å². The van der Waals surface area contributed by atoms with Crippen LogP contribution in [0.3, 0.4) is 0 Å². The Morgan fingerprint density at radius 3 is 2.12 bits per heavy atom. The Kier molecular flexibility index (Phi) is 3.37. The third-order valence-electron chi connectivity index (χ3n) is 1.52. The summed E-state index contributed by atoms with van der Waals surface area (Å²) >= 11 is 9.43. The first-order chi connectivity index (χ1) is 3.50. The van der Waals surface area contributed by atoms with Crippen molar-refractivity contribution in [3.8, 4) is 0 Å². The predicted molar refractivity (Wildman–Crippen MR) is 42.9 cm³/mol. The largest absolute Gasteiger partial charge is 0.118 e. The lowest BCUT2D eigenvalue weighted by molar-refractivity contribution is 0.607. The molecular formula is C6H12BrCl. The van der Waals surface area contributed by atoms with Crippen LogP contribution in [0.15, 0.2) is 0 Å². The highest BCUT2D eigenvalue weighted by Crippen LogP contribution is 2.27. The van der Waals surface area contributed by atoms with Crippen molar-refractivity contribution in [2.45, 2.75) is 36.9 Å². The highest BCUT2D eigenvalue weighted by molar-refractivity contribution is 9.09. The highest BCUT2D eigenvalue weighted by atomic mass is 79.9. The quantitative estimate of drug-likeness (QED) is 0.599. The van der Waals surface area contributed by atoms with E-state index in [2.05, 4.69) is 29.8 Å². The molecule has 0 unspecified atom stereocenters. The van der Waals surface area contributed by atoms with Crippen LogP contribution in [0.1, 0.15) is 27.2 Å². The zero-order chi connectivity index (χ0) is 6.78. The maximum Gasteiger partial charge on any atom is 0.0538 e. The summed E-state index contributed by atoms with van der Waals surface area (Å²) in [7, 11) is 0. The normalized spacial score (nSPS) is 22.1. The summed E-state index contributed by atoms with van der Waals surface area (Å²) in [6.45, 7) is 6.19. The first-order valence-electron chi connectivity index (χ1n) is 2.83. The summed E-state index contributed by atoms with van der Waals surface area (Å²) in [5.74, 6) is 0. The van der Waals surface area contributed by atoms with Gasteiger partial charge >= 0.3 is 0 Å². The minimum absolute atomic E-state index is 0.0694. The molecule has 0 aliphatic heterocycles. The standard InChI is InChI=1S/C6H12BrCl/c1-4-6(3,8)5(2)7/h5H,4H2,1-3H3/t5-,6+/m0/s1. The van der Waals surface area contributed by atoms with Crippen LogP contribution in [-0.2, 0) is 0 Å². The van der Waals surface area contributed by atoms with E-state index in [-0.39, 0.29) is 4.87 Å². The molecule has 0 aliphatic carbocycles. The maximum absolute atomic E-state index is 6.01. The molecule has 8 heavy (non-hydrogen) atoms. The Morgan fingerprint density at radius 2 is 2.12 bits per heavy atom. The van der Waals surface area contributed by atoms with Crippen molar-refractivity contribution in [2.75, 3.05) is 0 Å². The van der Waals surface area contributed by atoms with Gasteiger partial charge in [0.25, 0.3) is 0 Å². The van der Waals surface area contributed by atoms with Crippen molar-refractivity contribution in [3.05, 3.63) is 0 Å². The average Bonchev–Trinajstić information content (AvgIpc) is 1.67. The van der Waals surface area contributed by atoms with Crippen LogP contribution in [0.2, 0.25) is 0 Å². The maximum atomic E-state index is 6.01. The van der Waals surface area contributed by atoms with Gasteiger partial charge in [0.05, 0.1) is 4.87 Å². The van der Waals surface area contributed by atoms with E-state index >= 15 is 0 Å². The zero-order valence-electron chi connectivity index (χ0n) is 5.54. The molecule has 0 aromatic heterocycles. The lowest BCUT2D eigenvalue weighted by atomic mass is 10.1. The van der Waals surface area contributed by atoms with Gasteiger partial charge in [-0.1, -0.05) is 29.8 Å². The van der Waals surface area contributed by atoms with Gasteiger partial charge in [0.1, 0.15) is 0 Å². The molecule has 0 rings (SSSR count). The molecule has 0 saturated heterocycles. The van der Waals surface area contributed by atoms with Crippen molar-refractivity contribution in [3.63, 3.8) is 0 Å². The second-order valence-corrected chi connectivity index (χ2v) is 4.48. The molecular weight excluding hydrogens is 187 g/mol. The van der Waals surface area contributed by atoms with Crippen LogP contribution in [-0.4, -0.2) is 9.70 Å². The monoisotopic (exact) mass is 198 g/mol. The lowest BCUT2D eigenvalue weighted by Crippen LogP contribution is -2.24. The third kappa shape index (κ3) is 2.36. The van der Waals surface area contributed by atoms with Gasteiger partial charge in [0.15, 0.2) is 0 Å². The van der Waals surface area contributed by atoms with Gasteiger partial charge in [-0.05, 0) is 13.3 Å². The van der Waals surface area contributed by atoms with Crippen LogP contribution in [0.5, 0.6) is 0 Å². The van der Waals surface area contributed by atoms with Crippen molar-refractivity contribution in [1.29, 1.82) is 0 Å². The van der Waals surface area contributed by atoms with Gasteiger partial charge in [-0.25, -0.2) is 0 Å². The third-order valence-corrected chi connectivity index (χ3v) is 3.39. The summed E-state index contributed by atoms with van der Waals surface area (Å²) in [6, 6.07) is 0. The predicted octanol–water partition coefficient (Wildman–Crippen LogP) is 3.18. The van der Waals surface area contributed by atoms with Crippen molar-refractivity contribution < 1.29 is 0 Å². The van der Waals surface area contributed by atoms with E-state index in [9.17, 15) is 0 Å². The number of halogens is 2. The zero-order valence-corrected chi connectivity index (χ0v) is 7.88. The van der Waals surface area contributed by atoms with E-state index in [0.29, 0.717) is 4.83 Å². The fraction of sp³-hybridized carbons (Fsp3) is 1.00. The molecule has 0 amide bonds. The Morgan fingerprint density at radius 1 is 1.75 bits per heavy atom. The Hall–Kier alpha value is 0.770. The first-order valence-corrected chi connectivity index (χ1v) is 4.13. The van der Waals surface area contributed by atoms with E-state index in [0.717, 1.165) is 6.42 Å². The van der Waals surface area contributed by atoms with Crippen molar-refractivity contribution in [1.82, 2.24) is 0 Å². The summed E-state index contributed by atoms with van der Waals surface area (Å²) in [5, 5.41) is 0. The molecule has 0 aromatic carbocycles. The smallest absolute Gasteiger partial charge is 0.0538 e. The van der Waals surface area contributed by atoms with E-state index in [1.807, 2.05) is 6.92 Å². The Balaban J connectivity index is 3.71. The van der Waals surface area contributed by atoms with Crippen LogP contribution in [0.4, 0.5) is 0 Å². The molecule has 0 saturated carbocycles. The topological polar surface area (TPSA) is 0 Å². The summed E-state index contributed by atoms with van der Waals surface area (Å²) < 4.78 is 0. The highest BCUT2D eigenvalue weighted by Gasteiger charge is 2.23. The van der Waals surface area contributed by atoms with Crippen LogP contribution in [0, 0.1) is 0 Å². The molecule has 2 heteroatoms. The molecule has 50 valence electrons. The minimum Gasteiger partial charge on any atom is -0.118 e. The van der Waals surface area contributed by atoms with Gasteiger partial charge < -0.3 is 0 Å². The average molecular weight is 200 g/mol. The minimum atomic E-state index is -0.0694. The van der Waals surface area contributed by atoms with Gasteiger partial charge in [-0.15, -0.1) is 11.6 Å². The molecule has 0 spiro atoms. The fourth-order valence-corrected chi connectivity index (χ4v) is 0.605. The molecule has 0 aliphatic rings. The van der Waals surface area contributed by atoms with Crippen LogP contribution in [0.25, 0.3) is 0 Å². The number of rotatable bonds is 2. The number of alkyl halides is 2. The van der Waals surface area contributed by atoms with Crippen LogP contribution < -0.4 is 0 Å². The molecule has 0 fully saturated rings. The van der Waals surface area contributed by atoms with Crippen molar-refractivity contribution >= 4 is 27.5 Å². The lowest BCUT2D eigenvalue weighted by Gasteiger charge is -2.22. The van der Waals surface area contributed by atoms with Gasteiger partial charge in [0.2, 0.25) is 0 Å². The number of hydrogen-bond donors (Lipinski definition) is 0. The molecule has 2 atom stereocenters. The summed E-state index contributed by atoms with van der Waals surface area (Å²) in [6.07, 6.45) is 1.00. The van der Waals surface area contributed by atoms with E-state index in [1.165, 1.54) is 0 Å². The van der Waals surface area contributed by atoms with Gasteiger partial charge in [0, 0.05) is 4.83 Å². The molecule has 0 bridgehead atoms. The first kappa shape index (κ1) is 8.77. The molecule has 0 N–H and O–H groups in total. The van der Waals surface area contributed by atoms with E-state index in [1.54, 1.807) is 0 Å². The molecule has 0 nitrogen and oxygen atoms in total. The number of hydrogen-bond acceptors (Lipinski definition) is 0. The Labute approximate surface area is 64.7 Å².